The van der Waals surface area contributed by atoms with E-state index in [1.165, 1.54) is 30.4 Å². The van der Waals surface area contributed by atoms with Gasteiger partial charge in [-0.2, -0.15) is 0 Å². The Balaban J connectivity index is 2.21. The maximum absolute atomic E-state index is 9.47. The predicted octanol–water partition coefficient (Wildman–Crippen LogP) is 2.66. The van der Waals surface area contributed by atoms with E-state index >= 15 is 0 Å². The first-order valence-electron chi connectivity index (χ1n) is 6.03. The molecule has 86 valence electrons. The Hall–Kier alpha value is -0.340. The third-order valence-electron chi connectivity index (χ3n) is 3.73. The highest BCUT2D eigenvalue weighted by molar-refractivity contribution is 5.31. The molecular weight excluding hydrogens is 188 g/mol. The van der Waals surface area contributed by atoms with Crippen molar-refractivity contribution in [2.24, 2.45) is 5.41 Å². The Morgan fingerprint density at radius 2 is 2.27 bits per heavy atom. The molecule has 1 aliphatic carbocycles. The number of rotatable bonds is 2. The van der Waals surface area contributed by atoms with Gasteiger partial charge < -0.3 is 9.84 Å². The highest BCUT2D eigenvalue weighted by atomic mass is 16.5. The van der Waals surface area contributed by atoms with Crippen LogP contribution in [0.3, 0.4) is 0 Å². The molecule has 0 saturated heterocycles. The molecule has 0 radical (unpaired) electrons. The lowest BCUT2D eigenvalue weighted by Gasteiger charge is -2.34. The summed E-state index contributed by atoms with van der Waals surface area (Å²) in [7, 11) is 0. The van der Waals surface area contributed by atoms with Crippen LogP contribution < -0.4 is 0 Å². The van der Waals surface area contributed by atoms with Crippen LogP contribution in [0, 0.1) is 5.41 Å². The van der Waals surface area contributed by atoms with Crippen molar-refractivity contribution in [2.75, 3.05) is 6.61 Å². The Labute approximate surface area is 92.3 Å². The molecule has 0 saturated carbocycles. The molecule has 0 spiro atoms. The van der Waals surface area contributed by atoms with Gasteiger partial charge >= 0.3 is 0 Å². The summed E-state index contributed by atoms with van der Waals surface area (Å²) in [6, 6.07) is 0. The summed E-state index contributed by atoms with van der Waals surface area (Å²) in [5.74, 6) is 0. The minimum atomic E-state index is -0.264. The normalized spacial score (nSPS) is 31.6. The summed E-state index contributed by atoms with van der Waals surface area (Å²) >= 11 is 0. The van der Waals surface area contributed by atoms with Crippen LogP contribution in [-0.2, 0) is 4.74 Å². The van der Waals surface area contributed by atoms with Gasteiger partial charge in [0.25, 0.3) is 0 Å². The fraction of sp³-hybridized carbons (Fsp3) is 0.846. The first-order valence-corrected chi connectivity index (χ1v) is 6.03. The largest absolute Gasteiger partial charge is 0.393 e. The van der Waals surface area contributed by atoms with Gasteiger partial charge in [-0.05, 0) is 42.7 Å². The number of hydrogen-bond donors (Lipinski definition) is 1. The molecule has 1 N–H and O–H groups in total. The maximum atomic E-state index is 9.47. The third kappa shape index (κ3) is 2.11. The second-order valence-electron chi connectivity index (χ2n) is 5.64. The monoisotopic (exact) mass is 210 g/mol. The molecule has 0 aromatic carbocycles. The van der Waals surface area contributed by atoms with Crippen molar-refractivity contribution in [1.82, 2.24) is 0 Å². The lowest BCUT2D eigenvalue weighted by Crippen LogP contribution is -2.28. The fourth-order valence-electron chi connectivity index (χ4n) is 3.09. The summed E-state index contributed by atoms with van der Waals surface area (Å²) in [5, 5.41) is 9.47. The van der Waals surface area contributed by atoms with Crippen LogP contribution in [0.1, 0.15) is 46.5 Å². The van der Waals surface area contributed by atoms with Gasteiger partial charge in [-0.25, -0.2) is 0 Å². The smallest absolute Gasteiger partial charge is 0.0822 e. The van der Waals surface area contributed by atoms with Crippen molar-refractivity contribution in [2.45, 2.75) is 58.7 Å². The van der Waals surface area contributed by atoms with Gasteiger partial charge in [-0.15, -0.1) is 0 Å². The van der Waals surface area contributed by atoms with E-state index in [0.717, 1.165) is 13.0 Å². The van der Waals surface area contributed by atoms with Crippen LogP contribution in [0.4, 0.5) is 0 Å². The van der Waals surface area contributed by atoms with E-state index in [-0.39, 0.29) is 17.6 Å². The van der Waals surface area contributed by atoms with E-state index in [4.69, 9.17) is 4.74 Å². The predicted molar refractivity (Wildman–Crippen MR) is 60.7 cm³/mol. The molecule has 0 fully saturated rings. The standard InChI is InChI=1S/C13H22O2/c1-9(14)7-11-12-10(8-15-11)5-4-6-13(12,2)3/h9,11,14H,4-8H2,1-3H3. The minimum absolute atomic E-state index is 0.176. The van der Waals surface area contributed by atoms with Crippen LogP contribution in [0.2, 0.25) is 0 Å². The number of aliphatic hydroxyl groups is 1. The third-order valence-corrected chi connectivity index (χ3v) is 3.73. The summed E-state index contributed by atoms with van der Waals surface area (Å²) in [5.41, 5.74) is 3.29. The van der Waals surface area contributed by atoms with Gasteiger partial charge in [0.1, 0.15) is 0 Å². The molecule has 2 rings (SSSR count). The van der Waals surface area contributed by atoms with Crippen molar-refractivity contribution >= 4 is 0 Å². The van der Waals surface area contributed by atoms with Crippen molar-refractivity contribution < 1.29 is 9.84 Å². The summed E-state index contributed by atoms with van der Waals surface area (Å²) in [4.78, 5) is 0. The van der Waals surface area contributed by atoms with Gasteiger partial charge in [-0.3, -0.25) is 0 Å². The molecule has 2 atom stereocenters. The first kappa shape index (κ1) is 11.2. The minimum Gasteiger partial charge on any atom is -0.393 e. The number of ether oxygens (including phenoxy) is 1. The van der Waals surface area contributed by atoms with Crippen LogP contribution >= 0.6 is 0 Å². The van der Waals surface area contributed by atoms with Crippen molar-refractivity contribution in [3.63, 3.8) is 0 Å². The zero-order valence-electron chi connectivity index (χ0n) is 10.0. The van der Waals surface area contributed by atoms with E-state index in [9.17, 15) is 5.11 Å². The number of aliphatic hydroxyl groups excluding tert-OH is 1. The molecule has 1 heterocycles. The Morgan fingerprint density at radius 1 is 1.53 bits per heavy atom. The Morgan fingerprint density at radius 3 is 2.93 bits per heavy atom. The molecule has 1 aliphatic heterocycles. The molecule has 2 unspecified atom stereocenters. The summed E-state index contributed by atoms with van der Waals surface area (Å²) in [6.45, 7) is 7.27. The first-order chi connectivity index (χ1) is 7.00. The maximum Gasteiger partial charge on any atom is 0.0822 e. The van der Waals surface area contributed by atoms with E-state index in [1.807, 2.05) is 6.92 Å². The second-order valence-corrected chi connectivity index (χ2v) is 5.64. The van der Waals surface area contributed by atoms with Crippen LogP contribution in [0.15, 0.2) is 11.1 Å². The second kappa shape index (κ2) is 3.91. The highest BCUT2D eigenvalue weighted by Gasteiger charge is 2.39. The molecule has 2 nitrogen and oxygen atoms in total. The topological polar surface area (TPSA) is 29.5 Å². The Bertz CT molecular complexity index is 276. The lowest BCUT2D eigenvalue weighted by molar-refractivity contribution is 0.0602. The van der Waals surface area contributed by atoms with Gasteiger partial charge in [-0.1, -0.05) is 13.8 Å². The van der Waals surface area contributed by atoms with E-state index in [2.05, 4.69) is 13.8 Å². The summed E-state index contributed by atoms with van der Waals surface area (Å²) < 4.78 is 5.81. The quantitative estimate of drug-likeness (QED) is 0.710. The van der Waals surface area contributed by atoms with Gasteiger partial charge in [0.15, 0.2) is 0 Å². The zero-order valence-corrected chi connectivity index (χ0v) is 10.0. The SMILES string of the molecule is CC(O)CC1OCC2=C1C(C)(C)CCC2. The van der Waals surface area contributed by atoms with Gasteiger partial charge in [0, 0.05) is 6.42 Å². The molecule has 2 heteroatoms. The molecule has 0 amide bonds. The lowest BCUT2D eigenvalue weighted by atomic mass is 9.71. The average molecular weight is 210 g/mol. The van der Waals surface area contributed by atoms with Crippen LogP contribution in [-0.4, -0.2) is 23.9 Å². The van der Waals surface area contributed by atoms with Crippen molar-refractivity contribution in [3.8, 4) is 0 Å². The molecule has 0 bridgehead atoms. The fourth-order valence-corrected chi connectivity index (χ4v) is 3.09. The average Bonchev–Trinajstić information content (AvgIpc) is 2.48. The molecule has 2 aliphatic rings. The molecule has 0 aromatic rings. The highest BCUT2D eigenvalue weighted by Crippen LogP contribution is 2.46. The van der Waals surface area contributed by atoms with Crippen molar-refractivity contribution in [3.05, 3.63) is 11.1 Å². The Kier molecular flexibility index (Phi) is 2.91. The van der Waals surface area contributed by atoms with Crippen LogP contribution in [0.25, 0.3) is 0 Å². The van der Waals surface area contributed by atoms with Gasteiger partial charge in [0.2, 0.25) is 0 Å². The zero-order chi connectivity index (χ0) is 11.1. The van der Waals surface area contributed by atoms with E-state index < -0.39 is 0 Å². The van der Waals surface area contributed by atoms with Crippen molar-refractivity contribution in [1.29, 1.82) is 0 Å². The van der Waals surface area contributed by atoms with Crippen LogP contribution in [0.5, 0.6) is 0 Å². The van der Waals surface area contributed by atoms with Gasteiger partial charge in [0.05, 0.1) is 18.8 Å². The van der Waals surface area contributed by atoms with E-state index in [1.54, 1.807) is 0 Å². The molecule has 15 heavy (non-hydrogen) atoms. The molecule has 0 aromatic heterocycles. The van der Waals surface area contributed by atoms with E-state index in [0.29, 0.717) is 0 Å². The summed E-state index contributed by atoms with van der Waals surface area (Å²) in [6.07, 6.45) is 4.41. The number of hydrogen-bond acceptors (Lipinski definition) is 2. The molecular formula is C13H22O2.